The Hall–Kier alpha value is -1.23. The Balaban J connectivity index is 3.00. The van der Waals surface area contributed by atoms with Crippen LogP contribution in [0.25, 0.3) is 0 Å². The van der Waals surface area contributed by atoms with Gasteiger partial charge in [-0.15, -0.1) is 13.2 Å². The Morgan fingerprint density at radius 3 is 2.37 bits per heavy atom. The molecule has 1 rings (SSSR count). The first kappa shape index (κ1) is 15.8. The van der Waals surface area contributed by atoms with Crippen LogP contribution in [0.15, 0.2) is 18.2 Å². The van der Waals surface area contributed by atoms with Gasteiger partial charge in [-0.3, -0.25) is 4.79 Å². The molecule has 0 saturated carbocycles. The third kappa shape index (κ3) is 4.74. The Kier molecular flexibility index (Phi) is 4.50. The standard InChI is InChI=1S/C13H14ClF3O2/c1-8(18)12(2,3)7-9-4-5-10(14)11(6-9)19-13(15,16)17/h4-6H,7H2,1-3H3. The average molecular weight is 295 g/mol. The summed E-state index contributed by atoms with van der Waals surface area (Å²) in [5, 5.41) is -0.123. The molecule has 2 nitrogen and oxygen atoms in total. The Morgan fingerprint density at radius 2 is 1.89 bits per heavy atom. The van der Waals surface area contributed by atoms with Crippen molar-refractivity contribution in [2.75, 3.05) is 0 Å². The van der Waals surface area contributed by atoms with Gasteiger partial charge in [0.05, 0.1) is 5.02 Å². The highest BCUT2D eigenvalue weighted by Gasteiger charge is 2.32. The van der Waals surface area contributed by atoms with Crippen molar-refractivity contribution in [2.45, 2.75) is 33.6 Å². The number of hydrogen-bond acceptors (Lipinski definition) is 2. The lowest BCUT2D eigenvalue weighted by molar-refractivity contribution is -0.274. The molecule has 0 aliphatic carbocycles. The van der Waals surface area contributed by atoms with E-state index in [1.165, 1.54) is 19.1 Å². The Morgan fingerprint density at radius 1 is 1.32 bits per heavy atom. The van der Waals surface area contributed by atoms with E-state index in [0.717, 1.165) is 0 Å². The van der Waals surface area contributed by atoms with E-state index >= 15 is 0 Å². The molecule has 0 aromatic heterocycles. The molecule has 0 spiro atoms. The van der Waals surface area contributed by atoms with Crippen molar-refractivity contribution in [3.63, 3.8) is 0 Å². The van der Waals surface area contributed by atoms with Crippen LogP contribution in [-0.4, -0.2) is 12.1 Å². The summed E-state index contributed by atoms with van der Waals surface area (Å²) >= 11 is 5.64. The number of ether oxygens (including phenoxy) is 1. The normalized spacial score (nSPS) is 12.4. The number of hydrogen-bond donors (Lipinski definition) is 0. The van der Waals surface area contributed by atoms with Crippen LogP contribution in [0.3, 0.4) is 0 Å². The molecule has 0 bridgehead atoms. The summed E-state index contributed by atoms with van der Waals surface area (Å²) in [5.74, 6) is -0.494. The fourth-order valence-electron chi connectivity index (χ4n) is 1.50. The van der Waals surface area contributed by atoms with Crippen LogP contribution in [0, 0.1) is 5.41 Å². The maximum absolute atomic E-state index is 12.2. The number of carbonyl (C=O) groups is 1. The Labute approximate surface area is 114 Å². The molecular weight excluding hydrogens is 281 g/mol. The smallest absolute Gasteiger partial charge is 0.404 e. The molecule has 19 heavy (non-hydrogen) atoms. The van der Waals surface area contributed by atoms with Crippen molar-refractivity contribution < 1.29 is 22.7 Å². The van der Waals surface area contributed by atoms with Crippen molar-refractivity contribution in [3.8, 4) is 5.75 Å². The van der Waals surface area contributed by atoms with Gasteiger partial charge in [0.1, 0.15) is 11.5 Å². The molecule has 106 valence electrons. The molecule has 0 amide bonds. The zero-order valence-electron chi connectivity index (χ0n) is 10.8. The lowest BCUT2D eigenvalue weighted by atomic mass is 9.82. The van der Waals surface area contributed by atoms with E-state index in [9.17, 15) is 18.0 Å². The first-order valence-electron chi connectivity index (χ1n) is 5.56. The van der Waals surface area contributed by atoms with Crippen LogP contribution in [0.1, 0.15) is 26.3 Å². The summed E-state index contributed by atoms with van der Waals surface area (Å²) in [6.45, 7) is 4.91. The topological polar surface area (TPSA) is 26.3 Å². The monoisotopic (exact) mass is 294 g/mol. The van der Waals surface area contributed by atoms with Crippen LogP contribution in [0.2, 0.25) is 5.02 Å². The van der Waals surface area contributed by atoms with Crippen molar-refractivity contribution in [1.29, 1.82) is 0 Å². The fraction of sp³-hybridized carbons (Fsp3) is 0.462. The molecule has 1 aromatic carbocycles. The average Bonchev–Trinajstić information content (AvgIpc) is 2.20. The number of halogens is 4. The van der Waals surface area contributed by atoms with Crippen LogP contribution in [0.4, 0.5) is 13.2 Å². The van der Waals surface area contributed by atoms with Gasteiger partial charge in [0.15, 0.2) is 0 Å². The van der Waals surface area contributed by atoms with Crippen LogP contribution in [-0.2, 0) is 11.2 Å². The lowest BCUT2D eigenvalue weighted by Gasteiger charge is -2.21. The molecule has 0 aliphatic rings. The van der Waals surface area contributed by atoms with E-state index < -0.39 is 17.5 Å². The van der Waals surface area contributed by atoms with Gasteiger partial charge in [0.2, 0.25) is 0 Å². The largest absolute Gasteiger partial charge is 0.573 e. The van der Waals surface area contributed by atoms with E-state index in [2.05, 4.69) is 4.74 Å². The van der Waals surface area contributed by atoms with Gasteiger partial charge in [-0.05, 0) is 31.0 Å². The zero-order valence-corrected chi connectivity index (χ0v) is 11.5. The highest BCUT2D eigenvalue weighted by molar-refractivity contribution is 6.32. The minimum absolute atomic E-state index is 0.0410. The second-order valence-electron chi connectivity index (χ2n) is 4.93. The second kappa shape index (κ2) is 5.41. The predicted octanol–water partition coefficient (Wildman–Crippen LogP) is 4.40. The van der Waals surface area contributed by atoms with E-state index in [-0.39, 0.29) is 10.8 Å². The number of carbonyl (C=O) groups excluding carboxylic acids is 1. The van der Waals surface area contributed by atoms with Crippen molar-refractivity contribution in [1.82, 2.24) is 0 Å². The number of rotatable bonds is 4. The van der Waals surface area contributed by atoms with Crippen LogP contribution >= 0.6 is 11.6 Å². The van der Waals surface area contributed by atoms with Crippen molar-refractivity contribution in [2.24, 2.45) is 5.41 Å². The first-order valence-corrected chi connectivity index (χ1v) is 5.94. The van der Waals surface area contributed by atoms with Gasteiger partial charge in [0.25, 0.3) is 0 Å². The summed E-state index contributed by atoms with van der Waals surface area (Å²) in [6, 6.07) is 4.12. The third-order valence-electron chi connectivity index (χ3n) is 2.82. The molecule has 1 aromatic rings. The molecule has 0 fully saturated rings. The number of Topliss-reactive ketones (excluding diaryl/α,β-unsaturated/α-hetero) is 1. The van der Waals surface area contributed by atoms with Gasteiger partial charge in [0, 0.05) is 5.41 Å². The van der Waals surface area contributed by atoms with Gasteiger partial charge >= 0.3 is 6.36 Å². The zero-order chi connectivity index (χ0) is 14.8. The molecule has 0 radical (unpaired) electrons. The maximum Gasteiger partial charge on any atom is 0.573 e. The van der Waals surface area contributed by atoms with E-state index in [1.54, 1.807) is 19.9 Å². The van der Waals surface area contributed by atoms with Gasteiger partial charge in [-0.2, -0.15) is 0 Å². The summed E-state index contributed by atoms with van der Waals surface area (Å²) in [7, 11) is 0. The molecule has 0 saturated heterocycles. The highest BCUT2D eigenvalue weighted by atomic mass is 35.5. The maximum atomic E-state index is 12.2. The van der Waals surface area contributed by atoms with E-state index in [1.807, 2.05) is 0 Å². The first-order chi connectivity index (χ1) is 8.51. The molecule has 0 N–H and O–H groups in total. The number of benzene rings is 1. The van der Waals surface area contributed by atoms with Gasteiger partial charge in [-0.1, -0.05) is 31.5 Å². The molecule has 0 aliphatic heterocycles. The molecule has 0 unspecified atom stereocenters. The van der Waals surface area contributed by atoms with Gasteiger partial charge in [-0.25, -0.2) is 0 Å². The molecule has 6 heteroatoms. The predicted molar refractivity (Wildman–Crippen MR) is 66.3 cm³/mol. The number of alkyl halides is 3. The van der Waals surface area contributed by atoms with Gasteiger partial charge < -0.3 is 4.74 Å². The molecular formula is C13H14ClF3O2. The van der Waals surface area contributed by atoms with Crippen LogP contribution < -0.4 is 4.74 Å². The second-order valence-corrected chi connectivity index (χ2v) is 5.34. The summed E-state index contributed by atoms with van der Waals surface area (Å²) in [4.78, 5) is 11.4. The minimum atomic E-state index is -4.79. The fourth-order valence-corrected chi connectivity index (χ4v) is 1.65. The van der Waals surface area contributed by atoms with E-state index in [4.69, 9.17) is 11.6 Å². The Bertz CT molecular complexity index is 481. The minimum Gasteiger partial charge on any atom is -0.404 e. The van der Waals surface area contributed by atoms with Crippen molar-refractivity contribution in [3.05, 3.63) is 28.8 Å². The summed E-state index contributed by atoms with van der Waals surface area (Å²) < 4.78 is 40.4. The molecule has 0 heterocycles. The quantitative estimate of drug-likeness (QED) is 0.823. The van der Waals surface area contributed by atoms with E-state index in [0.29, 0.717) is 12.0 Å². The number of ketones is 1. The lowest BCUT2D eigenvalue weighted by Crippen LogP contribution is -2.24. The van der Waals surface area contributed by atoms with Crippen molar-refractivity contribution >= 4 is 17.4 Å². The molecule has 0 atom stereocenters. The van der Waals surface area contributed by atoms with Crippen LogP contribution in [0.5, 0.6) is 5.75 Å². The summed E-state index contributed by atoms with van der Waals surface area (Å²) in [5.41, 5.74) is -0.0904. The highest BCUT2D eigenvalue weighted by Crippen LogP contribution is 2.33. The third-order valence-corrected chi connectivity index (χ3v) is 3.13. The SMILES string of the molecule is CC(=O)C(C)(C)Cc1ccc(Cl)c(OC(F)(F)F)c1. The summed E-state index contributed by atoms with van der Waals surface area (Å²) in [6.07, 6.45) is -4.48.